The number of aliphatic hydroxyl groups excluding tert-OH is 4. The minimum atomic E-state index is -1.80. The molecule has 18 nitrogen and oxygen atoms in total. The second kappa shape index (κ2) is 20.7. The van der Waals surface area contributed by atoms with Gasteiger partial charge in [0.2, 0.25) is 5.91 Å². The number of ether oxygens (including phenoxy) is 4. The average Bonchev–Trinajstić information content (AvgIpc) is 3.01. The molecule has 1 heterocycles. The van der Waals surface area contributed by atoms with Gasteiger partial charge in [-0.2, -0.15) is 0 Å². The van der Waals surface area contributed by atoms with Gasteiger partial charge in [0, 0.05) is 32.2 Å². The third-order valence-electron chi connectivity index (χ3n) is 7.59. The summed E-state index contributed by atoms with van der Waals surface area (Å²) in [4.78, 5) is 58.8. The third-order valence-corrected chi connectivity index (χ3v) is 7.59. The Labute approximate surface area is 261 Å². The van der Waals surface area contributed by atoms with Crippen molar-refractivity contribution in [1.29, 1.82) is 0 Å². The zero-order valence-corrected chi connectivity index (χ0v) is 25.4. The van der Waals surface area contributed by atoms with Crippen LogP contribution in [0, 0.1) is 17.8 Å². The van der Waals surface area contributed by atoms with Crippen LogP contribution in [0.3, 0.4) is 0 Å². The van der Waals surface area contributed by atoms with E-state index in [0.717, 1.165) is 7.11 Å². The van der Waals surface area contributed by atoms with Gasteiger partial charge in [-0.1, -0.05) is 0 Å². The second-order valence-electron chi connectivity index (χ2n) is 10.9. The SMILES string of the molecule is CO[C@H](OC(C(C)N)C(O)[C@H](CNC(=O)C(C=O)CCN)O[C@H]1OC(CC=O)[C@@H](C=O)C(N)C1O)C(C=O)C(O)[C@H](O)CCN. The zero-order valence-electron chi connectivity index (χ0n) is 25.4. The Morgan fingerprint density at radius 2 is 1.69 bits per heavy atom. The van der Waals surface area contributed by atoms with Crippen LogP contribution in [-0.2, 0) is 42.9 Å². The lowest BCUT2D eigenvalue weighted by Crippen LogP contribution is -2.62. The van der Waals surface area contributed by atoms with E-state index in [0.29, 0.717) is 25.1 Å². The molecule has 14 atom stereocenters. The molecular formula is C27H49N5O13. The lowest BCUT2D eigenvalue weighted by atomic mass is 9.87. The van der Waals surface area contributed by atoms with Crippen molar-refractivity contribution < 1.29 is 63.3 Å². The summed E-state index contributed by atoms with van der Waals surface area (Å²) in [5.74, 6) is -4.43. The van der Waals surface area contributed by atoms with Crippen LogP contribution in [-0.4, -0.2) is 146 Å². The largest absolute Gasteiger partial charge is 0.390 e. The molecule has 1 amide bonds. The Kier molecular flexibility index (Phi) is 18.7. The number of aldehydes is 4. The maximum atomic E-state index is 12.7. The van der Waals surface area contributed by atoms with Crippen LogP contribution in [0.2, 0.25) is 0 Å². The fraction of sp³-hybridized carbons (Fsp3) is 0.815. The number of aliphatic hydroxyl groups is 4. The maximum absolute atomic E-state index is 12.7. The molecule has 18 heteroatoms. The van der Waals surface area contributed by atoms with E-state index in [9.17, 15) is 44.4 Å². The first-order valence-corrected chi connectivity index (χ1v) is 14.6. The number of carbonyl (C=O) groups excluding carboxylic acids is 5. The van der Waals surface area contributed by atoms with Crippen LogP contribution in [0.15, 0.2) is 0 Å². The molecule has 1 rings (SSSR count). The molecule has 0 aliphatic carbocycles. The molecule has 1 saturated heterocycles. The van der Waals surface area contributed by atoms with Crippen LogP contribution in [0.25, 0.3) is 0 Å². The minimum Gasteiger partial charge on any atom is -0.390 e. The van der Waals surface area contributed by atoms with Crippen molar-refractivity contribution in [3.05, 3.63) is 0 Å². The van der Waals surface area contributed by atoms with Crippen LogP contribution in [0.4, 0.5) is 0 Å². The number of hydrogen-bond donors (Lipinski definition) is 9. The van der Waals surface area contributed by atoms with Gasteiger partial charge in [0.1, 0.15) is 49.6 Å². The van der Waals surface area contributed by atoms with E-state index >= 15 is 0 Å². The second-order valence-corrected chi connectivity index (χ2v) is 10.9. The molecule has 260 valence electrons. The van der Waals surface area contributed by atoms with Crippen LogP contribution >= 0.6 is 0 Å². The Morgan fingerprint density at radius 3 is 2.18 bits per heavy atom. The lowest BCUT2D eigenvalue weighted by molar-refractivity contribution is -0.290. The first-order valence-electron chi connectivity index (χ1n) is 14.6. The number of carbonyl (C=O) groups is 5. The summed E-state index contributed by atoms with van der Waals surface area (Å²) in [6, 6.07) is -2.28. The molecule has 0 bridgehead atoms. The van der Waals surface area contributed by atoms with E-state index in [1.807, 2.05) is 0 Å². The van der Waals surface area contributed by atoms with Gasteiger partial charge in [-0.15, -0.1) is 0 Å². The van der Waals surface area contributed by atoms with Crippen LogP contribution in [0.5, 0.6) is 0 Å². The summed E-state index contributed by atoms with van der Waals surface area (Å²) < 4.78 is 22.6. The molecule has 1 fully saturated rings. The van der Waals surface area contributed by atoms with Crippen molar-refractivity contribution in [1.82, 2.24) is 5.32 Å². The van der Waals surface area contributed by atoms with Crippen molar-refractivity contribution in [3.8, 4) is 0 Å². The molecule has 1 aliphatic rings. The average molecular weight is 652 g/mol. The number of nitrogens with two attached hydrogens (primary N) is 4. The fourth-order valence-electron chi connectivity index (χ4n) is 4.88. The van der Waals surface area contributed by atoms with Gasteiger partial charge in [-0.25, -0.2) is 0 Å². The van der Waals surface area contributed by atoms with E-state index in [1.165, 1.54) is 6.92 Å². The molecule has 9 unspecified atom stereocenters. The molecule has 1 aliphatic heterocycles. The first-order chi connectivity index (χ1) is 21.4. The Bertz CT molecular complexity index is 918. The van der Waals surface area contributed by atoms with Gasteiger partial charge in [-0.3, -0.25) is 4.79 Å². The Morgan fingerprint density at radius 1 is 1.04 bits per heavy atom. The van der Waals surface area contributed by atoms with Gasteiger partial charge < -0.3 is 86.8 Å². The number of amides is 1. The van der Waals surface area contributed by atoms with E-state index < -0.39 is 97.6 Å². The molecule has 45 heavy (non-hydrogen) atoms. The topological polar surface area (TPSA) is 319 Å². The number of methoxy groups -OCH3 is 1. The van der Waals surface area contributed by atoms with Crippen LogP contribution < -0.4 is 28.3 Å². The monoisotopic (exact) mass is 651 g/mol. The molecule has 0 saturated carbocycles. The molecule has 0 spiro atoms. The summed E-state index contributed by atoms with van der Waals surface area (Å²) in [6.45, 7) is 0.931. The number of nitrogens with one attached hydrogen (secondary N) is 1. The van der Waals surface area contributed by atoms with Crippen molar-refractivity contribution in [2.45, 2.75) is 93.6 Å². The van der Waals surface area contributed by atoms with E-state index in [1.54, 1.807) is 0 Å². The quantitative estimate of drug-likeness (QED) is 0.0282. The van der Waals surface area contributed by atoms with Gasteiger partial charge in [0.15, 0.2) is 12.6 Å². The van der Waals surface area contributed by atoms with Gasteiger partial charge in [0.25, 0.3) is 0 Å². The van der Waals surface area contributed by atoms with Crippen LogP contribution in [0.1, 0.15) is 26.2 Å². The maximum Gasteiger partial charge on any atom is 0.230 e. The molecule has 0 aromatic rings. The Balaban J connectivity index is 3.41. The van der Waals surface area contributed by atoms with Crippen molar-refractivity contribution in [2.75, 3.05) is 26.7 Å². The normalized spacial score (nSPS) is 27.9. The third kappa shape index (κ3) is 11.5. The predicted octanol–water partition coefficient (Wildman–Crippen LogP) is -5.58. The highest BCUT2D eigenvalue weighted by molar-refractivity contribution is 5.91. The van der Waals surface area contributed by atoms with Crippen molar-refractivity contribution >= 4 is 31.1 Å². The summed E-state index contributed by atoms with van der Waals surface area (Å²) >= 11 is 0. The highest BCUT2D eigenvalue weighted by atomic mass is 16.7. The number of rotatable bonds is 23. The van der Waals surface area contributed by atoms with E-state index in [-0.39, 0.29) is 32.4 Å². The summed E-state index contributed by atoms with van der Waals surface area (Å²) in [5, 5.41) is 45.5. The van der Waals surface area contributed by atoms with E-state index in [2.05, 4.69) is 5.32 Å². The van der Waals surface area contributed by atoms with Crippen molar-refractivity contribution in [2.24, 2.45) is 40.7 Å². The fourth-order valence-corrected chi connectivity index (χ4v) is 4.88. The summed E-state index contributed by atoms with van der Waals surface area (Å²) in [7, 11) is 1.14. The summed E-state index contributed by atoms with van der Waals surface area (Å²) in [6.07, 6.45) is -12.5. The predicted molar refractivity (Wildman–Crippen MR) is 155 cm³/mol. The van der Waals surface area contributed by atoms with Gasteiger partial charge >= 0.3 is 0 Å². The minimum absolute atomic E-state index is 0.00447. The highest BCUT2D eigenvalue weighted by Crippen LogP contribution is 2.28. The first kappa shape index (κ1) is 40.7. The molecule has 0 aromatic carbocycles. The van der Waals surface area contributed by atoms with E-state index in [4.69, 9.17) is 41.9 Å². The molecule has 13 N–H and O–H groups in total. The van der Waals surface area contributed by atoms with Gasteiger partial charge in [0.05, 0.1) is 36.1 Å². The molecule has 0 aromatic heterocycles. The van der Waals surface area contributed by atoms with Crippen molar-refractivity contribution in [3.63, 3.8) is 0 Å². The number of hydrogen-bond acceptors (Lipinski definition) is 17. The smallest absolute Gasteiger partial charge is 0.230 e. The molecule has 0 radical (unpaired) electrons. The Hall–Kier alpha value is -2.33. The zero-order chi connectivity index (χ0) is 34.3. The molecular weight excluding hydrogens is 602 g/mol. The standard InChI is InChI=1S/C27H49N5O13/c1-13(30)24(45-26(42-2)16(12-36)21(38)17(37)4-7-29)22(39)19(9-32-25(41)14(10-34)3-6-28)44-27-23(40)20(31)15(11-35)18(43-27)5-8-33/h8,10-24,26-27,37-40H,3-7,9,28-31H2,1-2H3,(H,32,41)/t13?,14?,15-,16?,17-,18?,19+,20?,21?,22?,23?,24?,26-,27-/m1/s1. The summed E-state index contributed by atoms with van der Waals surface area (Å²) in [5.41, 5.74) is 23.0. The highest BCUT2D eigenvalue weighted by Gasteiger charge is 2.46. The lowest BCUT2D eigenvalue weighted by Gasteiger charge is -2.43. The van der Waals surface area contributed by atoms with Gasteiger partial charge in [-0.05, 0) is 32.9 Å².